The van der Waals surface area contributed by atoms with E-state index < -0.39 is 10.0 Å². The third-order valence-electron chi connectivity index (χ3n) is 3.13. The summed E-state index contributed by atoms with van der Waals surface area (Å²) < 4.78 is 26.6. The van der Waals surface area contributed by atoms with Crippen LogP contribution in [0.15, 0.2) is 29.2 Å². The van der Waals surface area contributed by atoms with Gasteiger partial charge in [0.1, 0.15) is 0 Å². The van der Waals surface area contributed by atoms with Crippen LogP contribution in [-0.2, 0) is 10.0 Å². The average Bonchev–Trinajstić information content (AvgIpc) is 3.12. The molecule has 0 bridgehead atoms. The van der Waals surface area contributed by atoms with Crippen molar-refractivity contribution in [3.63, 3.8) is 0 Å². The van der Waals surface area contributed by atoms with Gasteiger partial charge in [0.15, 0.2) is 0 Å². The number of nitrogen functional groups attached to an aromatic ring is 1. The Hall–Kier alpha value is -1.07. The Morgan fingerprint density at radius 1 is 1.39 bits per heavy atom. The second kappa shape index (κ2) is 5.28. The molecular weight excluding hydrogens is 248 g/mol. The van der Waals surface area contributed by atoms with Crippen LogP contribution in [0.25, 0.3) is 0 Å². The fraction of sp³-hybridized carbons (Fsp3) is 0.538. The number of rotatable bonds is 6. The maximum Gasteiger partial charge on any atom is 0.243 e. The Morgan fingerprint density at radius 3 is 2.67 bits per heavy atom. The summed E-state index contributed by atoms with van der Waals surface area (Å²) in [5, 5.41) is 0. The Bertz CT molecular complexity index is 509. The first-order valence-electron chi connectivity index (χ1n) is 6.39. The Balaban J connectivity index is 2.25. The zero-order valence-electron chi connectivity index (χ0n) is 10.7. The standard InChI is InChI=1S/C13H20N2O2S/c1-2-8-15(10-11-6-7-11)18(16,17)13-5-3-4-12(14)9-13/h3-5,9,11H,2,6-8,10,14H2,1H3. The van der Waals surface area contributed by atoms with Gasteiger partial charge in [0.2, 0.25) is 10.0 Å². The number of sulfonamides is 1. The maximum atomic E-state index is 12.5. The lowest BCUT2D eigenvalue weighted by Gasteiger charge is -2.21. The van der Waals surface area contributed by atoms with Crippen molar-refractivity contribution >= 4 is 15.7 Å². The SMILES string of the molecule is CCCN(CC1CC1)S(=O)(=O)c1cccc(N)c1. The highest BCUT2D eigenvalue weighted by Gasteiger charge is 2.31. The molecular formula is C13H20N2O2S. The summed E-state index contributed by atoms with van der Waals surface area (Å²) in [6, 6.07) is 6.53. The van der Waals surface area contributed by atoms with Crippen LogP contribution in [0.3, 0.4) is 0 Å². The monoisotopic (exact) mass is 268 g/mol. The molecule has 0 spiro atoms. The predicted octanol–water partition coefficient (Wildman–Crippen LogP) is 2.08. The minimum absolute atomic E-state index is 0.302. The van der Waals surface area contributed by atoms with Gasteiger partial charge < -0.3 is 5.73 Å². The number of benzene rings is 1. The third-order valence-corrected chi connectivity index (χ3v) is 4.99. The van der Waals surface area contributed by atoms with E-state index in [4.69, 9.17) is 5.73 Å². The molecule has 1 aliphatic rings. The lowest BCUT2D eigenvalue weighted by Crippen LogP contribution is -2.33. The van der Waals surface area contributed by atoms with Gasteiger partial charge in [-0.05, 0) is 43.4 Å². The van der Waals surface area contributed by atoms with E-state index in [0.717, 1.165) is 19.3 Å². The average molecular weight is 268 g/mol. The summed E-state index contributed by atoms with van der Waals surface area (Å²) in [4.78, 5) is 0.302. The molecule has 1 aromatic rings. The van der Waals surface area contributed by atoms with Gasteiger partial charge in [-0.1, -0.05) is 13.0 Å². The van der Waals surface area contributed by atoms with E-state index in [0.29, 0.717) is 29.6 Å². The van der Waals surface area contributed by atoms with Crippen LogP contribution < -0.4 is 5.73 Å². The summed E-state index contributed by atoms with van der Waals surface area (Å²) in [5.74, 6) is 0.549. The van der Waals surface area contributed by atoms with Crippen LogP contribution in [-0.4, -0.2) is 25.8 Å². The van der Waals surface area contributed by atoms with E-state index in [1.165, 1.54) is 6.07 Å². The van der Waals surface area contributed by atoms with E-state index in [1.807, 2.05) is 6.92 Å². The number of nitrogens with two attached hydrogens (primary N) is 1. The molecule has 2 rings (SSSR count). The number of anilines is 1. The van der Waals surface area contributed by atoms with Gasteiger partial charge >= 0.3 is 0 Å². The summed E-state index contributed by atoms with van der Waals surface area (Å²) in [6.07, 6.45) is 3.12. The topological polar surface area (TPSA) is 63.4 Å². The molecule has 5 heteroatoms. The first-order chi connectivity index (χ1) is 8.54. The minimum Gasteiger partial charge on any atom is -0.399 e. The lowest BCUT2D eigenvalue weighted by molar-refractivity contribution is 0.395. The van der Waals surface area contributed by atoms with E-state index in [9.17, 15) is 8.42 Å². The molecule has 0 atom stereocenters. The van der Waals surface area contributed by atoms with Gasteiger partial charge in [-0.15, -0.1) is 0 Å². The molecule has 0 radical (unpaired) electrons. The van der Waals surface area contributed by atoms with Crippen molar-refractivity contribution in [2.75, 3.05) is 18.8 Å². The van der Waals surface area contributed by atoms with Crippen molar-refractivity contribution in [2.24, 2.45) is 5.92 Å². The first-order valence-corrected chi connectivity index (χ1v) is 7.83. The van der Waals surface area contributed by atoms with Crippen LogP contribution >= 0.6 is 0 Å². The van der Waals surface area contributed by atoms with E-state index in [2.05, 4.69) is 0 Å². The van der Waals surface area contributed by atoms with Crippen molar-refractivity contribution in [3.05, 3.63) is 24.3 Å². The Morgan fingerprint density at radius 2 is 2.11 bits per heavy atom. The molecule has 1 saturated carbocycles. The van der Waals surface area contributed by atoms with Crippen molar-refractivity contribution < 1.29 is 8.42 Å². The minimum atomic E-state index is -3.39. The van der Waals surface area contributed by atoms with Crippen LogP contribution in [0, 0.1) is 5.92 Å². The van der Waals surface area contributed by atoms with E-state index in [-0.39, 0.29) is 0 Å². The second-order valence-corrected chi connectivity index (χ2v) is 6.82. The van der Waals surface area contributed by atoms with Crippen LogP contribution in [0.5, 0.6) is 0 Å². The van der Waals surface area contributed by atoms with Gasteiger partial charge in [-0.2, -0.15) is 4.31 Å². The fourth-order valence-electron chi connectivity index (χ4n) is 1.97. The fourth-order valence-corrected chi connectivity index (χ4v) is 3.64. The highest BCUT2D eigenvalue weighted by molar-refractivity contribution is 7.89. The van der Waals surface area contributed by atoms with E-state index in [1.54, 1.807) is 22.5 Å². The smallest absolute Gasteiger partial charge is 0.243 e. The summed E-state index contributed by atoms with van der Waals surface area (Å²) in [5.41, 5.74) is 6.15. The molecule has 100 valence electrons. The number of hydrogen-bond donors (Lipinski definition) is 1. The highest BCUT2D eigenvalue weighted by atomic mass is 32.2. The number of hydrogen-bond acceptors (Lipinski definition) is 3. The number of nitrogens with zero attached hydrogens (tertiary/aromatic N) is 1. The van der Waals surface area contributed by atoms with Crippen molar-refractivity contribution in [3.8, 4) is 0 Å². The van der Waals surface area contributed by atoms with Gasteiger partial charge in [0.05, 0.1) is 4.90 Å². The molecule has 1 aromatic carbocycles. The normalized spacial score (nSPS) is 16.1. The molecule has 1 fully saturated rings. The third kappa shape index (κ3) is 3.03. The molecule has 1 aliphatic carbocycles. The van der Waals surface area contributed by atoms with Gasteiger partial charge in [-0.3, -0.25) is 0 Å². The summed E-state index contributed by atoms with van der Waals surface area (Å²) in [6.45, 7) is 3.22. The summed E-state index contributed by atoms with van der Waals surface area (Å²) in [7, 11) is -3.39. The van der Waals surface area contributed by atoms with Crippen molar-refractivity contribution in [1.29, 1.82) is 0 Å². The van der Waals surface area contributed by atoms with Crippen LogP contribution in [0.2, 0.25) is 0 Å². The van der Waals surface area contributed by atoms with Gasteiger partial charge in [-0.25, -0.2) is 8.42 Å². The van der Waals surface area contributed by atoms with Gasteiger partial charge in [0, 0.05) is 18.8 Å². The Kier molecular flexibility index (Phi) is 3.92. The molecule has 0 aromatic heterocycles. The molecule has 2 N–H and O–H groups in total. The van der Waals surface area contributed by atoms with E-state index >= 15 is 0 Å². The van der Waals surface area contributed by atoms with Crippen molar-refractivity contribution in [2.45, 2.75) is 31.1 Å². The van der Waals surface area contributed by atoms with Gasteiger partial charge in [0.25, 0.3) is 0 Å². The zero-order valence-corrected chi connectivity index (χ0v) is 11.5. The molecule has 0 amide bonds. The van der Waals surface area contributed by atoms with Crippen LogP contribution in [0.4, 0.5) is 5.69 Å². The molecule has 0 heterocycles. The first kappa shape index (κ1) is 13.4. The summed E-state index contributed by atoms with van der Waals surface area (Å²) >= 11 is 0. The molecule has 0 saturated heterocycles. The Labute approximate surface area is 109 Å². The molecule has 18 heavy (non-hydrogen) atoms. The molecule has 4 nitrogen and oxygen atoms in total. The molecule has 0 unspecified atom stereocenters. The quantitative estimate of drug-likeness (QED) is 0.803. The lowest BCUT2D eigenvalue weighted by atomic mass is 10.3. The second-order valence-electron chi connectivity index (χ2n) is 4.88. The van der Waals surface area contributed by atoms with Crippen LogP contribution in [0.1, 0.15) is 26.2 Å². The predicted molar refractivity (Wildman–Crippen MR) is 72.6 cm³/mol. The maximum absolute atomic E-state index is 12.5. The molecule has 0 aliphatic heterocycles. The largest absolute Gasteiger partial charge is 0.399 e. The highest BCUT2D eigenvalue weighted by Crippen LogP contribution is 2.31. The zero-order chi connectivity index (χ0) is 13.2. The van der Waals surface area contributed by atoms with Crippen molar-refractivity contribution in [1.82, 2.24) is 4.31 Å².